The lowest BCUT2D eigenvalue weighted by molar-refractivity contribution is -0.120. The molecule has 2 aromatic carbocycles. The Labute approximate surface area is 190 Å². The van der Waals surface area contributed by atoms with Gasteiger partial charge in [0.25, 0.3) is 11.8 Å². The molecule has 0 unspecified atom stereocenters. The van der Waals surface area contributed by atoms with Gasteiger partial charge in [-0.1, -0.05) is 29.8 Å². The van der Waals surface area contributed by atoms with Crippen LogP contribution in [0.4, 0.5) is 11.4 Å². The molecule has 2 heterocycles. The van der Waals surface area contributed by atoms with E-state index >= 15 is 0 Å². The number of likely N-dealkylation sites (N-methyl/N-ethyl adjacent to an activating group) is 1. The quantitative estimate of drug-likeness (QED) is 0.655. The monoisotopic (exact) mass is 432 g/mol. The molecule has 6 nitrogen and oxygen atoms in total. The molecular weight excluding hydrogens is 400 g/mol. The van der Waals surface area contributed by atoms with Crippen LogP contribution in [-0.2, 0) is 9.59 Å². The molecule has 0 saturated carbocycles. The van der Waals surface area contributed by atoms with E-state index in [0.717, 1.165) is 56.1 Å². The average molecular weight is 433 g/mol. The number of hydrogen-bond acceptors (Lipinski definition) is 5. The molecule has 0 radical (unpaired) electrons. The Kier molecular flexibility index (Phi) is 6.33. The van der Waals surface area contributed by atoms with E-state index in [-0.39, 0.29) is 11.8 Å². The fourth-order valence-electron chi connectivity index (χ4n) is 4.46. The molecule has 2 aliphatic rings. The van der Waals surface area contributed by atoms with Crippen LogP contribution in [0.15, 0.2) is 54.2 Å². The number of imide groups is 1. The summed E-state index contributed by atoms with van der Waals surface area (Å²) in [6.07, 6.45) is 0. The first-order valence-electron chi connectivity index (χ1n) is 11.4. The van der Waals surface area contributed by atoms with E-state index in [1.165, 1.54) is 4.90 Å². The second-order valence-electron chi connectivity index (χ2n) is 8.51. The molecule has 0 spiro atoms. The van der Waals surface area contributed by atoms with Crippen LogP contribution >= 0.6 is 0 Å². The summed E-state index contributed by atoms with van der Waals surface area (Å²) in [6.45, 7) is 11.3. The molecule has 6 heteroatoms. The Morgan fingerprint density at radius 1 is 0.812 bits per heavy atom. The fourth-order valence-corrected chi connectivity index (χ4v) is 4.46. The molecule has 0 atom stereocenters. The third kappa shape index (κ3) is 4.02. The highest BCUT2D eigenvalue weighted by Gasteiger charge is 2.42. The zero-order valence-corrected chi connectivity index (χ0v) is 19.5. The van der Waals surface area contributed by atoms with Gasteiger partial charge in [-0.2, -0.15) is 0 Å². The van der Waals surface area contributed by atoms with Crippen molar-refractivity contribution in [3.63, 3.8) is 0 Å². The van der Waals surface area contributed by atoms with Crippen LogP contribution in [-0.4, -0.2) is 67.9 Å². The van der Waals surface area contributed by atoms with Crippen molar-refractivity contribution in [1.82, 2.24) is 9.80 Å². The number of aryl methyl sites for hydroxylation is 1. The summed E-state index contributed by atoms with van der Waals surface area (Å²) in [5.74, 6) is -0.478. The Hall–Kier alpha value is -3.12. The second kappa shape index (κ2) is 9.17. The molecule has 0 aromatic heterocycles. The third-order valence-electron chi connectivity index (χ3n) is 6.46. The summed E-state index contributed by atoms with van der Waals surface area (Å²) in [7, 11) is 2.08. The predicted molar refractivity (Wildman–Crippen MR) is 130 cm³/mol. The van der Waals surface area contributed by atoms with E-state index in [0.29, 0.717) is 17.0 Å². The molecule has 0 aliphatic carbocycles. The number of benzene rings is 2. The SMILES string of the molecule is CCN(CC)c1ccc(N2C(=O)C(c3ccc(C)cc3)=C(N3CCN(C)CC3)C2=O)cc1. The van der Waals surface area contributed by atoms with Crippen molar-refractivity contribution in [3.8, 4) is 0 Å². The van der Waals surface area contributed by atoms with Gasteiger partial charge in [0.1, 0.15) is 5.70 Å². The average Bonchev–Trinajstić information content (AvgIpc) is 3.06. The van der Waals surface area contributed by atoms with Crippen molar-refractivity contribution < 1.29 is 9.59 Å². The number of hydrogen-bond donors (Lipinski definition) is 0. The molecule has 4 rings (SSSR count). The lowest BCUT2D eigenvalue weighted by Gasteiger charge is -2.34. The summed E-state index contributed by atoms with van der Waals surface area (Å²) in [6, 6.07) is 15.6. The van der Waals surface area contributed by atoms with Gasteiger partial charge in [-0.15, -0.1) is 0 Å². The van der Waals surface area contributed by atoms with Crippen molar-refractivity contribution >= 4 is 28.8 Å². The zero-order chi connectivity index (χ0) is 22.8. The number of anilines is 2. The number of carbonyl (C=O) groups excluding carboxylic acids is 2. The smallest absolute Gasteiger partial charge is 0.282 e. The van der Waals surface area contributed by atoms with E-state index in [2.05, 4.69) is 35.6 Å². The Balaban J connectivity index is 1.72. The number of nitrogens with zero attached hydrogens (tertiary/aromatic N) is 4. The molecule has 32 heavy (non-hydrogen) atoms. The first-order chi connectivity index (χ1) is 15.4. The van der Waals surface area contributed by atoms with Crippen LogP contribution in [0.5, 0.6) is 0 Å². The van der Waals surface area contributed by atoms with E-state index in [1.807, 2.05) is 55.5 Å². The first-order valence-corrected chi connectivity index (χ1v) is 11.4. The Morgan fingerprint density at radius 2 is 1.41 bits per heavy atom. The van der Waals surface area contributed by atoms with Crippen LogP contribution in [0.25, 0.3) is 5.57 Å². The fraction of sp³-hybridized carbons (Fsp3) is 0.385. The largest absolute Gasteiger partial charge is 0.372 e. The number of piperazine rings is 1. The van der Waals surface area contributed by atoms with E-state index in [1.54, 1.807) is 0 Å². The minimum Gasteiger partial charge on any atom is -0.372 e. The molecule has 0 bridgehead atoms. The summed E-state index contributed by atoms with van der Waals surface area (Å²) in [5.41, 5.74) is 4.65. The van der Waals surface area contributed by atoms with Crippen LogP contribution in [0, 0.1) is 6.92 Å². The van der Waals surface area contributed by atoms with Crippen molar-refractivity contribution in [2.45, 2.75) is 20.8 Å². The van der Waals surface area contributed by atoms with Gasteiger partial charge in [0, 0.05) is 45.0 Å². The maximum atomic E-state index is 13.7. The standard InChI is InChI=1S/C26H32N4O2/c1-5-28(6-2)21-11-13-22(14-12-21)30-25(31)23(20-9-7-19(3)8-10-20)24(26(30)32)29-17-15-27(4)16-18-29/h7-14H,5-6,15-18H2,1-4H3. The van der Waals surface area contributed by atoms with E-state index in [9.17, 15) is 9.59 Å². The summed E-state index contributed by atoms with van der Waals surface area (Å²) < 4.78 is 0. The van der Waals surface area contributed by atoms with Crippen molar-refractivity contribution in [1.29, 1.82) is 0 Å². The molecule has 2 amide bonds. The summed E-state index contributed by atoms with van der Waals surface area (Å²) in [5, 5.41) is 0. The Morgan fingerprint density at radius 3 is 1.97 bits per heavy atom. The van der Waals surface area contributed by atoms with Crippen molar-refractivity contribution in [3.05, 3.63) is 65.4 Å². The zero-order valence-electron chi connectivity index (χ0n) is 19.5. The van der Waals surface area contributed by atoms with Gasteiger partial charge in [0.2, 0.25) is 0 Å². The minimum absolute atomic E-state index is 0.231. The van der Waals surface area contributed by atoms with Gasteiger partial charge in [-0.3, -0.25) is 9.59 Å². The van der Waals surface area contributed by atoms with Gasteiger partial charge in [-0.05, 0) is 57.6 Å². The van der Waals surface area contributed by atoms with E-state index in [4.69, 9.17) is 0 Å². The number of rotatable bonds is 6. The number of carbonyl (C=O) groups is 2. The van der Waals surface area contributed by atoms with E-state index < -0.39 is 0 Å². The summed E-state index contributed by atoms with van der Waals surface area (Å²) >= 11 is 0. The summed E-state index contributed by atoms with van der Waals surface area (Å²) in [4.78, 5) is 35.2. The topological polar surface area (TPSA) is 47.1 Å². The van der Waals surface area contributed by atoms with Crippen LogP contribution in [0.2, 0.25) is 0 Å². The molecule has 0 N–H and O–H groups in total. The Bertz CT molecular complexity index is 1010. The maximum Gasteiger partial charge on any atom is 0.282 e. The highest BCUT2D eigenvalue weighted by atomic mass is 16.2. The van der Waals surface area contributed by atoms with Gasteiger partial charge in [0.15, 0.2) is 0 Å². The van der Waals surface area contributed by atoms with Crippen molar-refractivity contribution in [2.75, 3.05) is 56.1 Å². The van der Waals surface area contributed by atoms with Gasteiger partial charge < -0.3 is 14.7 Å². The minimum atomic E-state index is -0.247. The number of amides is 2. The normalized spacial score (nSPS) is 17.5. The lowest BCUT2D eigenvalue weighted by Crippen LogP contribution is -2.46. The third-order valence-corrected chi connectivity index (χ3v) is 6.46. The maximum absolute atomic E-state index is 13.7. The molecule has 2 aromatic rings. The van der Waals surface area contributed by atoms with Crippen molar-refractivity contribution in [2.24, 2.45) is 0 Å². The second-order valence-corrected chi connectivity index (χ2v) is 8.51. The molecule has 2 aliphatic heterocycles. The molecular formula is C26H32N4O2. The first kappa shape index (κ1) is 22.1. The highest BCUT2D eigenvalue weighted by Crippen LogP contribution is 2.35. The van der Waals surface area contributed by atoms with Crippen LogP contribution in [0.1, 0.15) is 25.0 Å². The van der Waals surface area contributed by atoms with Gasteiger partial charge in [0.05, 0.1) is 11.3 Å². The lowest BCUT2D eigenvalue weighted by atomic mass is 10.0. The molecule has 168 valence electrons. The molecule has 1 saturated heterocycles. The van der Waals surface area contributed by atoms with Gasteiger partial charge in [-0.25, -0.2) is 4.90 Å². The van der Waals surface area contributed by atoms with Crippen LogP contribution in [0.3, 0.4) is 0 Å². The predicted octanol–water partition coefficient (Wildman–Crippen LogP) is 3.37. The van der Waals surface area contributed by atoms with Crippen LogP contribution < -0.4 is 9.80 Å². The van der Waals surface area contributed by atoms with Gasteiger partial charge >= 0.3 is 0 Å². The molecule has 1 fully saturated rings. The highest BCUT2D eigenvalue weighted by molar-refractivity contribution is 6.45.